The van der Waals surface area contributed by atoms with Crippen LogP contribution in [0.4, 0.5) is 5.82 Å². The fraction of sp³-hybridized carbons (Fsp3) is 0.0714. The number of benzene rings is 1. The van der Waals surface area contributed by atoms with Crippen LogP contribution in [0.3, 0.4) is 0 Å². The van der Waals surface area contributed by atoms with Gasteiger partial charge in [0.05, 0.1) is 5.69 Å². The molecule has 0 saturated carbocycles. The number of nitrogens with zero attached hydrogens (tertiary/aromatic N) is 5. The molecule has 8 heteroatoms. The van der Waals surface area contributed by atoms with Gasteiger partial charge in [-0.25, -0.2) is 15.0 Å². The van der Waals surface area contributed by atoms with Gasteiger partial charge in [-0.3, -0.25) is 19.1 Å². The van der Waals surface area contributed by atoms with Crippen molar-refractivity contribution in [2.24, 2.45) is 0 Å². The van der Waals surface area contributed by atoms with Crippen LogP contribution in [0.25, 0.3) is 29.0 Å². The number of nitrogens with one attached hydrogen (secondary N) is 1. The number of hydrogen-bond donors (Lipinski definition) is 1. The summed E-state index contributed by atoms with van der Waals surface area (Å²) in [4.78, 5) is 42.2. The van der Waals surface area contributed by atoms with Crippen molar-refractivity contribution in [3.63, 3.8) is 0 Å². The lowest BCUT2D eigenvalue weighted by Crippen LogP contribution is -2.25. The quantitative estimate of drug-likeness (QED) is 0.394. The Labute approximate surface area is 207 Å². The van der Waals surface area contributed by atoms with E-state index in [1.54, 1.807) is 35.4 Å². The average Bonchev–Trinajstić information content (AvgIpc) is 2.89. The van der Waals surface area contributed by atoms with Gasteiger partial charge in [0.1, 0.15) is 17.0 Å². The van der Waals surface area contributed by atoms with Crippen LogP contribution in [-0.2, 0) is 11.2 Å². The number of hydrogen-bond acceptors (Lipinski definition) is 6. The van der Waals surface area contributed by atoms with Crippen LogP contribution in [-0.4, -0.2) is 30.4 Å². The molecule has 0 aliphatic heterocycles. The first-order valence-corrected chi connectivity index (χ1v) is 11.3. The smallest absolute Gasteiger partial charge is 0.278 e. The summed E-state index contributed by atoms with van der Waals surface area (Å²) in [5.41, 5.74) is 4.73. The van der Waals surface area contributed by atoms with Gasteiger partial charge in [0, 0.05) is 38.1 Å². The van der Waals surface area contributed by atoms with Crippen molar-refractivity contribution < 1.29 is 4.79 Å². The first-order valence-electron chi connectivity index (χ1n) is 11.3. The van der Waals surface area contributed by atoms with Crippen LogP contribution in [0.2, 0.25) is 0 Å². The van der Waals surface area contributed by atoms with Gasteiger partial charge in [0.2, 0.25) is 5.91 Å². The molecule has 0 fully saturated rings. The van der Waals surface area contributed by atoms with Gasteiger partial charge >= 0.3 is 0 Å². The minimum Gasteiger partial charge on any atom is -0.311 e. The zero-order valence-electron chi connectivity index (χ0n) is 19.5. The number of carbonyl (C=O) groups excluding carboxylic acids is 1. The molecule has 36 heavy (non-hydrogen) atoms. The Hall–Kier alpha value is -4.98. The van der Waals surface area contributed by atoms with Crippen LogP contribution in [0.1, 0.15) is 29.3 Å². The molecule has 1 N–H and O–H groups in total. The van der Waals surface area contributed by atoms with Crippen LogP contribution >= 0.6 is 0 Å². The van der Waals surface area contributed by atoms with E-state index in [1.807, 2.05) is 66.7 Å². The standard InChI is InChI=1S/C28H22N6O2/c1-19(35)32-26-12-11-21(18-31-26)10-9-20-5-2-7-23(15-20)34-27-24(8-4-14-30-27)33-25(28(34)36)16-22-6-3-13-29-17-22/h2-15,17-18H,16H2,1H3,(H,31,32,35)/b10-9+. The molecule has 0 saturated heterocycles. The lowest BCUT2D eigenvalue weighted by Gasteiger charge is -2.12. The third-order valence-electron chi connectivity index (χ3n) is 5.46. The van der Waals surface area contributed by atoms with Gasteiger partial charge in [-0.15, -0.1) is 0 Å². The average molecular weight is 475 g/mol. The minimum absolute atomic E-state index is 0.167. The molecule has 0 radical (unpaired) electrons. The van der Waals surface area contributed by atoms with Crippen LogP contribution in [0, 0.1) is 0 Å². The molecule has 8 nitrogen and oxygen atoms in total. The van der Waals surface area contributed by atoms with Crippen molar-refractivity contribution in [1.82, 2.24) is 24.5 Å². The molecule has 0 unspecified atom stereocenters. The van der Waals surface area contributed by atoms with E-state index in [0.29, 0.717) is 34.8 Å². The topological polar surface area (TPSA) is 103 Å². The maximum atomic E-state index is 13.6. The number of carbonyl (C=O) groups is 1. The third-order valence-corrected chi connectivity index (χ3v) is 5.46. The summed E-state index contributed by atoms with van der Waals surface area (Å²) >= 11 is 0. The summed E-state index contributed by atoms with van der Waals surface area (Å²) in [5.74, 6) is 0.333. The highest BCUT2D eigenvalue weighted by molar-refractivity contribution is 5.87. The van der Waals surface area contributed by atoms with Gasteiger partial charge in [-0.1, -0.05) is 30.4 Å². The van der Waals surface area contributed by atoms with E-state index in [2.05, 4.69) is 25.3 Å². The van der Waals surface area contributed by atoms with Gasteiger partial charge in [-0.05, 0) is 59.2 Å². The molecule has 1 amide bonds. The van der Waals surface area contributed by atoms with E-state index in [4.69, 9.17) is 0 Å². The van der Waals surface area contributed by atoms with Crippen LogP contribution in [0.5, 0.6) is 0 Å². The normalized spacial score (nSPS) is 11.1. The van der Waals surface area contributed by atoms with Gasteiger partial charge < -0.3 is 5.32 Å². The molecule has 0 atom stereocenters. The molecule has 0 bridgehead atoms. The van der Waals surface area contributed by atoms with Crippen molar-refractivity contribution in [3.8, 4) is 5.69 Å². The molecule has 5 rings (SSSR count). The lowest BCUT2D eigenvalue weighted by molar-refractivity contribution is -0.114. The Morgan fingerprint density at radius 3 is 2.58 bits per heavy atom. The first kappa shape index (κ1) is 22.8. The van der Waals surface area contributed by atoms with Crippen LogP contribution < -0.4 is 10.9 Å². The number of amides is 1. The number of fused-ring (bicyclic) bond motifs is 1. The number of pyridine rings is 3. The Morgan fingerprint density at radius 1 is 0.944 bits per heavy atom. The lowest BCUT2D eigenvalue weighted by atomic mass is 10.1. The van der Waals surface area contributed by atoms with Gasteiger partial charge in [0.15, 0.2) is 5.65 Å². The van der Waals surface area contributed by atoms with E-state index in [9.17, 15) is 9.59 Å². The number of anilines is 1. The monoisotopic (exact) mass is 474 g/mol. The minimum atomic E-state index is -0.219. The molecule has 0 spiro atoms. The zero-order chi connectivity index (χ0) is 24.9. The third kappa shape index (κ3) is 5.07. The summed E-state index contributed by atoms with van der Waals surface area (Å²) < 4.78 is 1.61. The summed E-state index contributed by atoms with van der Waals surface area (Å²) in [5, 5.41) is 2.65. The SMILES string of the molecule is CC(=O)Nc1ccc(/C=C/c2cccc(-n3c(=O)c(Cc4cccnc4)nc4cccnc43)c2)cn1. The highest BCUT2D eigenvalue weighted by atomic mass is 16.1. The maximum Gasteiger partial charge on any atom is 0.278 e. The fourth-order valence-corrected chi connectivity index (χ4v) is 3.84. The highest BCUT2D eigenvalue weighted by Crippen LogP contribution is 2.18. The second-order valence-electron chi connectivity index (χ2n) is 8.17. The number of rotatable bonds is 6. The Bertz CT molecular complexity index is 1630. The van der Waals surface area contributed by atoms with Crippen molar-refractivity contribution in [3.05, 3.63) is 118 Å². The summed E-state index contributed by atoms with van der Waals surface area (Å²) in [6.45, 7) is 1.44. The fourth-order valence-electron chi connectivity index (χ4n) is 3.84. The Balaban J connectivity index is 1.51. The molecule has 0 aliphatic rings. The van der Waals surface area contributed by atoms with Crippen LogP contribution in [0.15, 0.2) is 90.2 Å². The van der Waals surface area contributed by atoms with Crippen molar-refractivity contribution in [2.45, 2.75) is 13.3 Å². The van der Waals surface area contributed by atoms with Gasteiger partial charge in [0.25, 0.3) is 5.56 Å². The largest absolute Gasteiger partial charge is 0.311 e. The van der Waals surface area contributed by atoms with Crippen molar-refractivity contribution >= 4 is 35.0 Å². The van der Waals surface area contributed by atoms with Crippen molar-refractivity contribution in [1.29, 1.82) is 0 Å². The van der Waals surface area contributed by atoms with Crippen molar-refractivity contribution in [2.75, 3.05) is 5.32 Å². The Morgan fingerprint density at radius 2 is 1.81 bits per heavy atom. The molecule has 4 aromatic heterocycles. The van der Waals surface area contributed by atoms with E-state index in [0.717, 1.165) is 16.7 Å². The molecular formula is C28H22N6O2. The molecule has 1 aromatic carbocycles. The second kappa shape index (κ2) is 10.1. The van der Waals surface area contributed by atoms with Gasteiger partial charge in [-0.2, -0.15) is 0 Å². The molecule has 5 aromatic rings. The predicted octanol–water partition coefficient (Wildman–Crippen LogP) is 4.29. The van der Waals surface area contributed by atoms with E-state index in [-0.39, 0.29) is 11.5 Å². The zero-order valence-corrected chi connectivity index (χ0v) is 19.5. The maximum absolute atomic E-state index is 13.6. The summed E-state index contributed by atoms with van der Waals surface area (Å²) in [6, 6.07) is 18.7. The Kier molecular flexibility index (Phi) is 6.40. The number of aromatic nitrogens is 5. The van der Waals surface area contributed by atoms with E-state index < -0.39 is 0 Å². The molecular weight excluding hydrogens is 452 g/mol. The summed E-state index contributed by atoms with van der Waals surface area (Å²) in [7, 11) is 0. The summed E-state index contributed by atoms with van der Waals surface area (Å²) in [6.07, 6.45) is 11.0. The van der Waals surface area contributed by atoms with E-state index >= 15 is 0 Å². The first-order chi connectivity index (χ1) is 17.6. The molecule has 0 aliphatic carbocycles. The van der Waals surface area contributed by atoms with E-state index in [1.165, 1.54) is 6.92 Å². The predicted molar refractivity (Wildman–Crippen MR) is 140 cm³/mol. The molecule has 4 heterocycles. The molecule has 176 valence electrons. The highest BCUT2D eigenvalue weighted by Gasteiger charge is 2.14. The second-order valence-corrected chi connectivity index (χ2v) is 8.17.